The Hall–Kier alpha value is -1.19. The average Bonchev–Trinajstić information content (AvgIpc) is 3.21. The minimum atomic E-state index is -5.50. The van der Waals surface area contributed by atoms with Gasteiger partial charge in [-0.2, -0.15) is 4.98 Å². The van der Waals surface area contributed by atoms with E-state index >= 15 is 0 Å². The minimum absolute atomic E-state index is 0.0491. The fraction of sp³-hybridized carbons (Fsp3) is 0.545. The largest absolute Gasteiger partial charge is 0.479 e. The Bertz CT molecular complexity index is 1210. The van der Waals surface area contributed by atoms with Crippen molar-refractivity contribution in [3.63, 3.8) is 0 Å². The lowest BCUT2D eigenvalue weighted by atomic mass is 10.2. The summed E-state index contributed by atoms with van der Waals surface area (Å²) in [5.41, 5.74) is 4.90. The van der Waals surface area contributed by atoms with Crippen LogP contribution >= 0.6 is 34.6 Å². The molecule has 180 valence electrons. The second-order valence-corrected chi connectivity index (χ2v) is 13.2. The van der Waals surface area contributed by atoms with Gasteiger partial charge in [0.2, 0.25) is 10.8 Å². The van der Waals surface area contributed by atoms with Crippen LogP contribution in [0.25, 0.3) is 11.2 Å². The Morgan fingerprint density at radius 1 is 1.34 bits per heavy atom. The quantitative estimate of drug-likeness (QED) is 0.162. The van der Waals surface area contributed by atoms with Crippen molar-refractivity contribution < 1.29 is 51.9 Å². The zero-order valence-corrected chi connectivity index (χ0v) is 19.0. The second kappa shape index (κ2) is 8.87. The predicted octanol–water partition coefficient (Wildman–Crippen LogP) is -0.631. The van der Waals surface area contributed by atoms with E-state index in [0.717, 1.165) is 0 Å². The smallest absolute Gasteiger partial charge is 0.390 e. The SMILES string of the molecule is Nc1nc2c(ncn2[C@H]2C[C@H](O)[C@@H](COP(=O)(O)OP(=O)(O)[C@@H](Cl)P(=O)(O)O)O2)c(=O)[nH]1. The maximum absolute atomic E-state index is 11.9. The van der Waals surface area contributed by atoms with Gasteiger partial charge in [-0.3, -0.25) is 28.0 Å². The molecule has 1 aliphatic heterocycles. The molecule has 0 aromatic carbocycles. The van der Waals surface area contributed by atoms with E-state index in [9.17, 15) is 33.4 Å². The first-order valence-electron chi connectivity index (χ1n) is 8.37. The highest BCUT2D eigenvalue weighted by Crippen LogP contribution is 2.71. The van der Waals surface area contributed by atoms with Crippen LogP contribution in [-0.4, -0.2) is 67.9 Å². The van der Waals surface area contributed by atoms with Crippen molar-refractivity contribution in [1.29, 1.82) is 0 Å². The first-order chi connectivity index (χ1) is 14.6. The van der Waals surface area contributed by atoms with Gasteiger partial charge in [-0.1, -0.05) is 11.6 Å². The molecule has 2 aromatic heterocycles. The number of anilines is 1. The third-order valence-corrected chi connectivity index (χ3v) is 10.7. The summed E-state index contributed by atoms with van der Waals surface area (Å²) in [5.74, 6) is -0.192. The number of H-pyrrole nitrogens is 1. The Morgan fingerprint density at radius 3 is 2.62 bits per heavy atom. The number of aliphatic hydroxyl groups excluding tert-OH is 1. The fourth-order valence-electron chi connectivity index (χ4n) is 2.76. The summed E-state index contributed by atoms with van der Waals surface area (Å²) in [4.78, 5) is 55.9. The lowest BCUT2D eigenvalue weighted by Gasteiger charge is -2.22. The summed E-state index contributed by atoms with van der Waals surface area (Å²) in [5, 5.41) is 10.2. The molecule has 0 radical (unpaired) electrons. The number of aliphatic hydroxyl groups is 1. The molecule has 0 aliphatic carbocycles. The number of halogens is 1. The normalized spacial score (nSPS) is 26.6. The zero-order valence-electron chi connectivity index (χ0n) is 15.5. The molecule has 1 fully saturated rings. The van der Waals surface area contributed by atoms with Gasteiger partial charge in [-0.05, 0) is 0 Å². The van der Waals surface area contributed by atoms with Crippen LogP contribution in [0.1, 0.15) is 12.6 Å². The molecule has 2 aromatic rings. The third-order valence-electron chi connectivity index (χ3n) is 4.13. The van der Waals surface area contributed by atoms with Crippen molar-refractivity contribution in [3.05, 3.63) is 16.7 Å². The molecule has 8 N–H and O–H groups in total. The van der Waals surface area contributed by atoms with Gasteiger partial charge < -0.3 is 35.2 Å². The first kappa shape index (κ1) is 25.4. The van der Waals surface area contributed by atoms with E-state index in [1.54, 1.807) is 0 Å². The zero-order chi connectivity index (χ0) is 24.1. The van der Waals surface area contributed by atoms with Crippen LogP contribution in [0.3, 0.4) is 0 Å². The summed E-state index contributed by atoms with van der Waals surface area (Å²) >= 11 is 5.15. The van der Waals surface area contributed by atoms with E-state index in [4.69, 9.17) is 31.9 Å². The van der Waals surface area contributed by atoms with Crippen LogP contribution in [0.2, 0.25) is 0 Å². The lowest BCUT2D eigenvalue weighted by molar-refractivity contribution is -0.0421. The number of aromatic nitrogens is 4. The van der Waals surface area contributed by atoms with Gasteiger partial charge in [0, 0.05) is 6.42 Å². The second-order valence-electron chi connectivity index (χ2n) is 6.52. The molecular formula is C11H17ClN5O12P3. The molecule has 0 amide bonds. The number of nitrogen functional groups attached to an aromatic ring is 1. The number of fused-ring (bicyclic) bond motifs is 1. The number of nitrogens with zero attached hydrogens (tertiary/aromatic N) is 3. The van der Waals surface area contributed by atoms with E-state index < -0.39 is 58.5 Å². The maximum Gasteiger partial charge on any atom is 0.479 e. The topological polar surface area (TPSA) is 270 Å². The number of rotatable bonds is 8. The Kier molecular flexibility index (Phi) is 7.05. The number of imidazole rings is 1. The first-order valence-corrected chi connectivity index (χ1v) is 13.6. The third kappa shape index (κ3) is 5.47. The molecule has 0 saturated carbocycles. The highest BCUT2D eigenvalue weighted by molar-refractivity contribution is 7.77. The number of hydrogen-bond acceptors (Lipinski definition) is 11. The number of nitrogens with one attached hydrogen (secondary N) is 1. The minimum Gasteiger partial charge on any atom is -0.390 e. The van der Waals surface area contributed by atoms with Crippen molar-refractivity contribution in [3.8, 4) is 0 Å². The van der Waals surface area contributed by atoms with Crippen molar-refractivity contribution in [2.24, 2.45) is 0 Å². The van der Waals surface area contributed by atoms with Gasteiger partial charge in [0.1, 0.15) is 12.3 Å². The summed E-state index contributed by atoms with van der Waals surface area (Å²) < 4.78 is 50.0. The Labute approximate surface area is 182 Å². The van der Waals surface area contributed by atoms with Crippen LogP contribution in [0.5, 0.6) is 0 Å². The van der Waals surface area contributed by atoms with Gasteiger partial charge in [0.05, 0.1) is 19.0 Å². The molecule has 3 heterocycles. The van der Waals surface area contributed by atoms with Crippen molar-refractivity contribution in [2.75, 3.05) is 12.3 Å². The molecule has 0 spiro atoms. The standard InChI is InChI=1S/C11H17ClN5O12P3/c12-10(30(20,21)22)31(23,24)29-32(25,26)27-2-5-4(18)1-6(28-5)17-3-14-7-8(17)15-11(13)16-9(7)19/h3-6,10,18H,1-2H2,(H,23,24)(H,25,26)(H2,20,21,22)(H3,13,15,16,19)/t4-,5+,6+,10-/m0/s1. The van der Waals surface area contributed by atoms with Gasteiger partial charge in [-0.25, -0.2) is 13.9 Å². The van der Waals surface area contributed by atoms with Crippen molar-refractivity contribution in [1.82, 2.24) is 19.5 Å². The molecule has 1 saturated heterocycles. The molecule has 6 atom stereocenters. The summed E-state index contributed by atoms with van der Waals surface area (Å²) in [6, 6.07) is 0. The van der Waals surface area contributed by atoms with Crippen LogP contribution in [0.4, 0.5) is 5.95 Å². The lowest BCUT2D eigenvalue weighted by Crippen LogP contribution is -2.26. The number of phosphoric acid groups is 1. The van der Waals surface area contributed by atoms with E-state index in [0.29, 0.717) is 0 Å². The van der Waals surface area contributed by atoms with Gasteiger partial charge in [-0.15, -0.1) is 0 Å². The van der Waals surface area contributed by atoms with E-state index in [-0.39, 0.29) is 23.5 Å². The predicted molar refractivity (Wildman–Crippen MR) is 105 cm³/mol. The number of phosphoric ester groups is 1. The van der Waals surface area contributed by atoms with Crippen LogP contribution in [-0.2, 0) is 27.3 Å². The molecule has 17 nitrogen and oxygen atoms in total. The monoisotopic (exact) mass is 539 g/mol. The van der Waals surface area contributed by atoms with Crippen LogP contribution < -0.4 is 11.3 Å². The van der Waals surface area contributed by atoms with Gasteiger partial charge in [0.25, 0.3) is 5.56 Å². The Balaban J connectivity index is 1.68. The number of alkyl halides is 1. The molecule has 1 aliphatic rings. The highest BCUT2D eigenvalue weighted by atomic mass is 35.5. The van der Waals surface area contributed by atoms with E-state index in [1.165, 1.54) is 10.9 Å². The summed E-state index contributed by atoms with van der Waals surface area (Å²) in [7, 11) is -16.2. The molecular weight excluding hydrogens is 523 g/mol. The average molecular weight is 540 g/mol. The maximum atomic E-state index is 11.9. The number of nitrogens with two attached hydrogens (primary N) is 1. The molecule has 0 bridgehead atoms. The van der Waals surface area contributed by atoms with Gasteiger partial charge in [0.15, 0.2) is 11.2 Å². The van der Waals surface area contributed by atoms with Crippen LogP contribution in [0, 0.1) is 0 Å². The molecule has 3 rings (SSSR count). The summed E-state index contributed by atoms with van der Waals surface area (Å²) in [6.07, 6.45) is -2.36. The fourth-order valence-corrected chi connectivity index (χ4v) is 7.00. The molecule has 21 heteroatoms. The molecule has 2 unspecified atom stereocenters. The highest BCUT2D eigenvalue weighted by Gasteiger charge is 2.49. The van der Waals surface area contributed by atoms with Crippen molar-refractivity contribution >= 4 is 51.7 Å². The number of hydrogen-bond donors (Lipinski definition) is 7. The number of ether oxygens (including phenoxy) is 1. The summed E-state index contributed by atoms with van der Waals surface area (Å²) in [6.45, 7) is -0.836. The van der Waals surface area contributed by atoms with Crippen LogP contribution in [0.15, 0.2) is 11.1 Å². The van der Waals surface area contributed by atoms with Crippen molar-refractivity contribution in [2.45, 2.75) is 29.7 Å². The van der Waals surface area contributed by atoms with E-state index in [2.05, 4.69) is 23.8 Å². The van der Waals surface area contributed by atoms with E-state index in [1.807, 2.05) is 0 Å². The van der Waals surface area contributed by atoms with Gasteiger partial charge >= 0.3 is 23.0 Å². The molecule has 32 heavy (non-hydrogen) atoms. The number of aromatic amines is 1. The Morgan fingerprint density at radius 2 is 2.00 bits per heavy atom.